The van der Waals surface area contributed by atoms with Crippen molar-refractivity contribution in [3.8, 4) is 0 Å². The molecule has 1 heterocycles. The van der Waals surface area contributed by atoms with E-state index in [0.717, 1.165) is 18.4 Å². The third-order valence-corrected chi connectivity index (χ3v) is 3.83. The fourth-order valence-corrected chi connectivity index (χ4v) is 2.53. The molecule has 1 aliphatic heterocycles. The van der Waals surface area contributed by atoms with Gasteiger partial charge in [-0.2, -0.15) is 0 Å². The smallest absolute Gasteiger partial charge is 0.410 e. The summed E-state index contributed by atoms with van der Waals surface area (Å²) in [6.07, 6.45) is 1.10. The molecule has 126 valence electrons. The van der Waals surface area contributed by atoms with Gasteiger partial charge in [-0.1, -0.05) is 43.7 Å². The summed E-state index contributed by atoms with van der Waals surface area (Å²) >= 11 is 0. The number of benzene rings is 1. The first kappa shape index (κ1) is 17.3. The van der Waals surface area contributed by atoms with Crippen molar-refractivity contribution in [2.24, 2.45) is 0 Å². The number of ether oxygens (including phenoxy) is 2. The van der Waals surface area contributed by atoms with Crippen LogP contribution in [-0.4, -0.2) is 47.4 Å². The first-order chi connectivity index (χ1) is 11.1. The molecule has 1 aromatic rings. The molecule has 0 unspecified atom stereocenters. The van der Waals surface area contributed by atoms with Crippen LogP contribution >= 0.6 is 0 Å². The topological polar surface area (TPSA) is 76.1 Å². The zero-order valence-corrected chi connectivity index (χ0v) is 13.3. The van der Waals surface area contributed by atoms with Crippen molar-refractivity contribution in [2.75, 3.05) is 13.2 Å². The molecule has 0 spiro atoms. The van der Waals surface area contributed by atoms with Crippen LogP contribution in [0.5, 0.6) is 0 Å². The number of carbonyl (C=O) groups excluding carboxylic acids is 1. The highest BCUT2D eigenvalue weighted by Crippen LogP contribution is 2.22. The number of nitrogens with zero attached hydrogens (tertiary/aromatic N) is 1. The van der Waals surface area contributed by atoms with E-state index in [-0.39, 0.29) is 19.1 Å². The Morgan fingerprint density at radius 1 is 1.30 bits per heavy atom. The molecule has 1 amide bonds. The molecule has 1 fully saturated rings. The number of carboxylic acids is 1. The summed E-state index contributed by atoms with van der Waals surface area (Å²) in [5.74, 6) is -1.02. The lowest BCUT2D eigenvalue weighted by atomic mass is 10.2. The Bertz CT molecular complexity index is 519. The number of hydrogen-bond donors (Lipinski definition) is 1. The Hall–Kier alpha value is -2.08. The Morgan fingerprint density at radius 2 is 2.04 bits per heavy atom. The van der Waals surface area contributed by atoms with Crippen LogP contribution in [0.1, 0.15) is 31.7 Å². The van der Waals surface area contributed by atoms with Crippen molar-refractivity contribution in [3.63, 3.8) is 0 Å². The first-order valence-electron chi connectivity index (χ1n) is 7.93. The number of carbonyl (C=O) groups is 2. The van der Waals surface area contributed by atoms with Gasteiger partial charge in [-0.3, -0.25) is 4.90 Å². The van der Waals surface area contributed by atoms with Crippen LogP contribution in [0.2, 0.25) is 0 Å². The zero-order valence-electron chi connectivity index (χ0n) is 13.3. The van der Waals surface area contributed by atoms with Crippen molar-refractivity contribution in [3.05, 3.63) is 35.9 Å². The molecule has 0 bridgehead atoms. The van der Waals surface area contributed by atoms with E-state index < -0.39 is 18.1 Å². The third kappa shape index (κ3) is 4.96. The summed E-state index contributed by atoms with van der Waals surface area (Å²) in [6, 6.07) is 8.77. The number of carboxylic acid groups (broad SMARTS) is 1. The van der Waals surface area contributed by atoms with E-state index in [1.165, 1.54) is 4.90 Å². The van der Waals surface area contributed by atoms with Gasteiger partial charge in [-0.25, -0.2) is 9.59 Å². The lowest BCUT2D eigenvalue weighted by molar-refractivity contribution is -0.141. The standard InChI is InChI=1S/C17H23NO5/c1-2-3-9-22-17(21)18-11-14(10-15(18)16(19)20)23-12-13-7-5-4-6-8-13/h4-8,14-15H,2-3,9-12H2,1H3,(H,19,20)/t14-,15+/m1/s1. The van der Waals surface area contributed by atoms with Gasteiger partial charge in [-0.05, 0) is 12.0 Å². The SMILES string of the molecule is CCCCOC(=O)N1C[C@H](OCc2ccccc2)C[C@H]1C(=O)O. The summed E-state index contributed by atoms with van der Waals surface area (Å²) in [4.78, 5) is 24.7. The fourth-order valence-electron chi connectivity index (χ4n) is 2.53. The van der Waals surface area contributed by atoms with E-state index in [0.29, 0.717) is 13.2 Å². The number of likely N-dealkylation sites (tertiary alicyclic amines) is 1. The molecular formula is C17H23NO5. The van der Waals surface area contributed by atoms with Crippen molar-refractivity contribution in [2.45, 2.75) is 44.9 Å². The van der Waals surface area contributed by atoms with Crippen molar-refractivity contribution in [1.82, 2.24) is 4.90 Å². The van der Waals surface area contributed by atoms with Crippen LogP contribution in [0.4, 0.5) is 4.79 Å². The van der Waals surface area contributed by atoms with Crippen molar-refractivity contribution in [1.29, 1.82) is 0 Å². The largest absolute Gasteiger partial charge is 0.480 e. The Morgan fingerprint density at radius 3 is 2.70 bits per heavy atom. The van der Waals surface area contributed by atoms with Crippen LogP contribution in [-0.2, 0) is 20.9 Å². The quantitative estimate of drug-likeness (QED) is 0.781. The first-order valence-corrected chi connectivity index (χ1v) is 7.93. The third-order valence-electron chi connectivity index (χ3n) is 3.83. The average Bonchev–Trinajstić information content (AvgIpc) is 2.99. The molecule has 1 saturated heterocycles. The van der Waals surface area contributed by atoms with E-state index in [9.17, 15) is 14.7 Å². The highest BCUT2D eigenvalue weighted by molar-refractivity contribution is 5.80. The number of hydrogen-bond acceptors (Lipinski definition) is 4. The highest BCUT2D eigenvalue weighted by Gasteiger charge is 2.41. The second kappa shape index (κ2) is 8.53. The molecule has 1 aliphatic rings. The number of rotatable bonds is 7. The monoisotopic (exact) mass is 321 g/mol. The Labute approximate surface area is 136 Å². The van der Waals surface area contributed by atoms with Gasteiger partial charge >= 0.3 is 12.1 Å². The fraction of sp³-hybridized carbons (Fsp3) is 0.529. The lowest BCUT2D eigenvalue weighted by Crippen LogP contribution is -2.41. The summed E-state index contributed by atoms with van der Waals surface area (Å²) in [5, 5.41) is 9.30. The minimum Gasteiger partial charge on any atom is -0.480 e. The van der Waals surface area contributed by atoms with Crippen LogP contribution in [0, 0.1) is 0 Å². The maximum atomic E-state index is 12.0. The van der Waals surface area contributed by atoms with E-state index in [4.69, 9.17) is 9.47 Å². The molecule has 0 aliphatic carbocycles. The number of aliphatic carboxylic acids is 1. The van der Waals surface area contributed by atoms with Gasteiger partial charge in [0.1, 0.15) is 6.04 Å². The molecule has 2 atom stereocenters. The summed E-state index contributed by atoms with van der Waals surface area (Å²) in [5.41, 5.74) is 1.02. The van der Waals surface area contributed by atoms with Gasteiger partial charge in [0.25, 0.3) is 0 Å². The molecular weight excluding hydrogens is 298 g/mol. The van der Waals surface area contributed by atoms with Crippen LogP contribution in [0.25, 0.3) is 0 Å². The molecule has 0 saturated carbocycles. The lowest BCUT2D eigenvalue weighted by Gasteiger charge is -2.20. The van der Waals surface area contributed by atoms with Crippen LogP contribution in [0.3, 0.4) is 0 Å². The molecule has 0 aromatic heterocycles. The Kier molecular flexibility index (Phi) is 6.40. The van der Waals surface area contributed by atoms with Crippen molar-refractivity contribution < 1.29 is 24.2 Å². The van der Waals surface area contributed by atoms with E-state index >= 15 is 0 Å². The normalized spacial score (nSPS) is 20.5. The minimum atomic E-state index is -1.02. The van der Waals surface area contributed by atoms with E-state index in [2.05, 4.69) is 0 Å². The van der Waals surface area contributed by atoms with Gasteiger partial charge in [0.2, 0.25) is 0 Å². The van der Waals surface area contributed by atoms with E-state index in [1.807, 2.05) is 37.3 Å². The van der Waals surface area contributed by atoms with E-state index in [1.54, 1.807) is 0 Å². The minimum absolute atomic E-state index is 0.245. The molecule has 6 nitrogen and oxygen atoms in total. The second-order valence-electron chi connectivity index (χ2n) is 5.63. The number of amides is 1. The molecule has 2 rings (SSSR count). The van der Waals surface area contributed by atoms with Gasteiger partial charge in [-0.15, -0.1) is 0 Å². The molecule has 0 radical (unpaired) electrons. The molecule has 6 heteroatoms. The maximum Gasteiger partial charge on any atom is 0.410 e. The number of unbranched alkanes of at least 4 members (excludes halogenated alkanes) is 1. The average molecular weight is 321 g/mol. The van der Waals surface area contributed by atoms with Gasteiger partial charge in [0, 0.05) is 6.42 Å². The highest BCUT2D eigenvalue weighted by atomic mass is 16.6. The Balaban J connectivity index is 1.89. The summed E-state index contributed by atoms with van der Waals surface area (Å²) in [6.45, 7) is 2.95. The summed E-state index contributed by atoms with van der Waals surface area (Å²) in [7, 11) is 0. The predicted molar refractivity (Wildman–Crippen MR) is 84.0 cm³/mol. The molecule has 1 aromatic carbocycles. The van der Waals surface area contributed by atoms with Crippen molar-refractivity contribution >= 4 is 12.1 Å². The molecule has 1 N–H and O–H groups in total. The van der Waals surface area contributed by atoms with Crippen LogP contribution in [0.15, 0.2) is 30.3 Å². The van der Waals surface area contributed by atoms with Gasteiger partial charge in [0.05, 0.1) is 25.9 Å². The second-order valence-corrected chi connectivity index (χ2v) is 5.63. The maximum absolute atomic E-state index is 12.0. The van der Waals surface area contributed by atoms with Gasteiger partial charge in [0.15, 0.2) is 0 Å². The predicted octanol–water partition coefficient (Wildman–Crippen LogP) is 2.67. The summed E-state index contributed by atoms with van der Waals surface area (Å²) < 4.78 is 10.9. The molecule has 23 heavy (non-hydrogen) atoms. The van der Waals surface area contributed by atoms with Gasteiger partial charge < -0.3 is 14.6 Å². The zero-order chi connectivity index (χ0) is 16.7. The van der Waals surface area contributed by atoms with Crippen LogP contribution < -0.4 is 0 Å².